The van der Waals surface area contributed by atoms with Crippen molar-refractivity contribution >= 4 is 18.3 Å². The number of carbonyl (C=O) groups is 1. The molecule has 3 nitrogen and oxygen atoms in total. The highest BCUT2D eigenvalue weighted by Crippen LogP contribution is 2.61. The van der Waals surface area contributed by atoms with Gasteiger partial charge in [-0.05, 0) is 93.0 Å². The smallest absolute Gasteiger partial charge is 0.223 e. The fraction of sp³-hybridized carbons (Fsp3) is 0.947. The lowest BCUT2D eigenvalue weighted by Crippen LogP contribution is -2.50. The molecule has 2 saturated heterocycles. The molecular weight excluding hydrogens is 308 g/mol. The summed E-state index contributed by atoms with van der Waals surface area (Å²) >= 11 is 0. The Morgan fingerprint density at radius 1 is 1.00 bits per heavy atom. The Morgan fingerprint density at radius 2 is 1.61 bits per heavy atom. The first-order valence-corrected chi connectivity index (χ1v) is 9.68. The number of carbonyl (C=O) groups excluding carboxylic acids is 1. The lowest BCUT2D eigenvalue weighted by Gasteiger charge is -2.57. The van der Waals surface area contributed by atoms with Crippen LogP contribution in [0.25, 0.3) is 0 Å². The topological polar surface area (TPSA) is 32.3 Å². The van der Waals surface area contributed by atoms with Crippen molar-refractivity contribution < 1.29 is 4.79 Å². The number of halogens is 1. The van der Waals surface area contributed by atoms with E-state index < -0.39 is 0 Å². The van der Waals surface area contributed by atoms with Crippen LogP contribution in [0.4, 0.5) is 0 Å². The molecule has 0 aromatic heterocycles. The summed E-state index contributed by atoms with van der Waals surface area (Å²) in [5.41, 5.74) is 0.413. The van der Waals surface area contributed by atoms with Gasteiger partial charge in [-0.15, -0.1) is 12.4 Å². The molecule has 0 spiro atoms. The molecule has 4 heteroatoms. The molecule has 4 bridgehead atoms. The van der Waals surface area contributed by atoms with Crippen LogP contribution in [0.2, 0.25) is 0 Å². The van der Waals surface area contributed by atoms with Crippen LogP contribution in [0.5, 0.6) is 0 Å². The minimum atomic E-state index is 0. The Labute approximate surface area is 146 Å². The van der Waals surface area contributed by atoms with Crippen molar-refractivity contribution in [2.75, 3.05) is 26.2 Å². The second-order valence-electron chi connectivity index (χ2n) is 9.40. The van der Waals surface area contributed by atoms with Crippen LogP contribution in [0.15, 0.2) is 0 Å². The first kappa shape index (κ1) is 16.2. The summed E-state index contributed by atoms with van der Waals surface area (Å²) in [4.78, 5) is 15.2. The Kier molecular flexibility index (Phi) is 4.16. The predicted octanol–water partition coefficient (Wildman–Crippen LogP) is 3.08. The first-order chi connectivity index (χ1) is 10.7. The van der Waals surface area contributed by atoms with E-state index in [2.05, 4.69) is 10.2 Å². The van der Waals surface area contributed by atoms with Gasteiger partial charge in [0, 0.05) is 19.5 Å². The quantitative estimate of drug-likeness (QED) is 0.839. The fourth-order valence-electron chi connectivity index (χ4n) is 7.20. The minimum absolute atomic E-state index is 0. The van der Waals surface area contributed by atoms with E-state index in [1.807, 2.05) is 0 Å². The average molecular weight is 339 g/mol. The normalized spacial score (nSPS) is 47.3. The van der Waals surface area contributed by atoms with E-state index in [4.69, 9.17) is 0 Å². The number of amides is 1. The zero-order valence-corrected chi connectivity index (χ0v) is 15.0. The van der Waals surface area contributed by atoms with E-state index in [-0.39, 0.29) is 12.4 Å². The molecule has 6 fully saturated rings. The third-order valence-electron chi connectivity index (χ3n) is 7.75. The molecule has 4 saturated carbocycles. The van der Waals surface area contributed by atoms with Crippen LogP contribution in [0, 0.1) is 35.0 Å². The Morgan fingerprint density at radius 3 is 2.26 bits per heavy atom. The van der Waals surface area contributed by atoms with E-state index in [1.165, 1.54) is 51.5 Å². The van der Waals surface area contributed by atoms with Gasteiger partial charge < -0.3 is 10.2 Å². The minimum Gasteiger partial charge on any atom is -0.342 e. The molecule has 2 unspecified atom stereocenters. The Hall–Kier alpha value is -0.280. The number of fused-ring (bicyclic) bond motifs is 1. The number of rotatable bonds is 2. The number of piperidine rings is 1. The number of nitrogens with zero attached hydrogens (tertiary/aromatic N) is 1. The highest BCUT2D eigenvalue weighted by Gasteiger charge is 2.52. The Balaban J connectivity index is 0.00000135. The van der Waals surface area contributed by atoms with E-state index in [9.17, 15) is 4.79 Å². The second kappa shape index (κ2) is 5.91. The largest absolute Gasteiger partial charge is 0.342 e. The van der Waals surface area contributed by atoms with Gasteiger partial charge in [-0.3, -0.25) is 4.79 Å². The van der Waals surface area contributed by atoms with Crippen molar-refractivity contribution in [3.8, 4) is 0 Å². The van der Waals surface area contributed by atoms with Crippen LogP contribution >= 0.6 is 12.4 Å². The maximum atomic E-state index is 13.0. The van der Waals surface area contributed by atoms with Gasteiger partial charge in [-0.25, -0.2) is 0 Å². The maximum absolute atomic E-state index is 13.0. The molecular formula is C19H31ClN2O. The SMILES string of the molecule is Cl.O=C(CC12CC3CC(CC(C3)C1)C2)N1CCC2CNCC2C1. The molecule has 6 rings (SSSR count). The molecule has 130 valence electrons. The molecule has 2 atom stereocenters. The van der Waals surface area contributed by atoms with E-state index in [1.54, 1.807) is 0 Å². The number of hydrogen-bond donors (Lipinski definition) is 1. The number of hydrogen-bond acceptors (Lipinski definition) is 2. The molecule has 4 aliphatic carbocycles. The molecule has 2 heterocycles. The predicted molar refractivity (Wildman–Crippen MR) is 93.5 cm³/mol. The van der Waals surface area contributed by atoms with Crippen molar-refractivity contribution in [2.45, 2.75) is 51.4 Å². The van der Waals surface area contributed by atoms with Crippen LogP contribution in [0.1, 0.15) is 51.4 Å². The molecule has 0 aromatic carbocycles. The summed E-state index contributed by atoms with van der Waals surface area (Å²) < 4.78 is 0. The Bertz CT molecular complexity index is 445. The summed E-state index contributed by atoms with van der Waals surface area (Å²) in [6.45, 7) is 4.37. The monoisotopic (exact) mass is 338 g/mol. The van der Waals surface area contributed by atoms with Crippen molar-refractivity contribution in [1.29, 1.82) is 0 Å². The van der Waals surface area contributed by atoms with Gasteiger partial charge in [-0.1, -0.05) is 0 Å². The summed E-state index contributed by atoms with van der Waals surface area (Å²) in [7, 11) is 0. The lowest BCUT2D eigenvalue weighted by molar-refractivity contribution is -0.141. The number of likely N-dealkylation sites (tertiary alicyclic amines) is 1. The molecule has 1 amide bonds. The molecule has 0 aromatic rings. The molecule has 6 aliphatic rings. The molecule has 23 heavy (non-hydrogen) atoms. The van der Waals surface area contributed by atoms with Crippen LogP contribution in [-0.4, -0.2) is 37.0 Å². The third kappa shape index (κ3) is 2.82. The van der Waals surface area contributed by atoms with Crippen molar-refractivity contribution in [3.63, 3.8) is 0 Å². The van der Waals surface area contributed by atoms with Gasteiger partial charge in [0.15, 0.2) is 0 Å². The van der Waals surface area contributed by atoms with Gasteiger partial charge in [0.1, 0.15) is 0 Å². The summed E-state index contributed by atoms with van der Waals surface area (Å²) in [6, 6.07) is 0. The van der Waals surface area contributed by atoms with Crippen LogP contribution < -0.4 is 5.32 Å². The lowest BCUT2D eigenvalue weighted by atomic mass is 9.49. The summed E-state index contributed by atoms with van der Waals surface area (Å²) in [5, 5.41) is 3.51. The van der Waals surface area contributed by atoms with Crippen molar-refractivity contribution in [3.05, 3.63) is 0 Å². The highest BCUT2D eigenvalue weighted by atomic mass is 35.5. The third-order valence-corrected chi connectivity index (χ3v) is 7.75. The summed E-state index contributed by atoms with van der Waals surface area (Å²) in [6.07, 6.45) is 10.6. The van der Waals surface area contributed by atoms with Gasteiger partial charge in [0.25, 0.3) is 0 Å². The average Bonchev–Trinajstić information content (AvgIpc) is 2.92. The zero-order chi connectivity index (χ0) is 14.7. The maximum Gasteiger partial charge on any atom is 0.223 e. The fourth-order valence-corrected chi connectivity index (χ4v) is 7.20. The standard InChI is InChI=1S/C19H30N2O.ClH/c22-18(21-2-1-16-10-20-11-17(16)12-21)9-19-6-13-3-14(7-19)5-15(4-13)8-19;/h13-17,20H,1-12H2;1H. The van der Waals surface area contributed by atoms with E-state index in [0.29, 0.717) is 11.3 Å². The zero-order valence-electron chi connectivity index (χ0n) is 14.1. The van der Waals surface area contributed by atoms with E-state index in [0.717, 1.165) is 55.6 Å². The molecule has 2 aliphatic heterocycles. The molecule has 0 radical (unpaired) electrons. The highest BCUT2D eigenvalue weighted by molar-refractivity contribution is 5.85. The molecule has 1 N–H and O–H groups in total. The van der Waals surface area contributed by atoms with E-state index >= 15 is 0 Å². The van der Waals surface area contributed by atoms with Crippen molar-refractivity contribution in [2.24, 2.45) is 35.0 Å². The second-order valence-corrected chi connectivity index (χ2v) is 9.40. The van der Waals surface area contributed by atoms with Crippen molar-refractivity contribution in [1.82, 2.24) is 10.2 Å². The summed E-state index contributed by atoms with van der Waals surface area (Å²) in [5.74, 6) is 4.95. The van der Waals surface area contributed by atoms with Gasteiger partial charge in [0.2, 0.25) is 5.91 Å². The van der Waals surface area contributed by atoms with Gasteiger partial charge in [-0.2, -0.15) is 0 Å². The first-order valence-electron chi connectivity index (χ1n) is 9.68. The van der Waals surface area contributed by atoms with Crippen LogP contribution in [0.3, 0.4) is 0 Å². The number of nitrogens with one attached hydrogen (secondary N) is 1. The van der Waals surface area contributed by atoms with Crippen LogP contribution in [-0.2, 0) is 4.79 Å². The van der Waals surface area contributed by atoms with Gasteiger partial charge in [0.05, 0.1) is 0 Å². The van der Waals surface area contributed by atoms with Gasteiger partial charge >= 0.3 is 0 Å².